The molecule has 2 rings (SSSR count). The third-order valence-corrected chi connectivity index (χ3v) is 6.43. The number of hydrogen-bond acceptors (Lipinski definition) is 6. The molecule has 118 valence electrons. The van der Waals surface area contributed by atoms with Crippen LogP contribution in [0.4, 0.5) is 0 Å². The topological polar surface area (TPSA) is 85.2 Å². The molecule has 2 atom stereocenters. The van der Waals surface area contributed by atoms with Crippen LogP contribution in [0.25, 0.3) is 0 Å². The van der Waals surface area contributed by atoms with E-state index in [1.807, 2.05) is 14.0 Å². The number of hydrogen-bond donors (Lipinski definition) is 0. The summed E-state index contributed by atoms with van der Waals surface area (Å²) in [5, 5.41) is 8.60. The zero-order valence-corrected chi connectivity index (χ0v) is 14.2. The number of sulfone groups is 1. The molecule has 1 fully saturated rings. The molecule has 1 aliphatic heterocycles. The van der Waals surface area contributed by atoms with E-state index < -0.39 is 9.84 Å². The summed E-state index contributed by atoms with van der Waals surface area (Å²) < 4.78 is 24.9. The molecular formula is C12H20N4O3S2. The first-order valence-corrected chi connectivity index (χ1v) is 9.39. The van der Waals surface area contributed by atoms with Crippen LogP contribution in [0.1, 0.15) is 25.1 Å². The molecule has 1 aliphatic rings. The van der Waals surface area contributed by atoms with Crippen molar-refractivity contribution in [3.05, 3.63) is 5.82 Å². The highest BCUT2D eigenvalue weighted by Crippen LogP contribution is 2.30. The third-order valence-electron chi connectivity index (χ3n) is 3.54. The normalized spacial score (nSPS) is 22.2. The van der Waals surface area contributed by atoms with Crippen molar-refractivity contribution in [2.45, 2.75) is 29.7 Å². The smallest absolute Gasteiger partial charge is 0.235 e. The van der Waals surface area contributed by atoms with Gasteiger partial charge in [-0.1, -0.05) is 11.8 Å². The zero-order chi connectivity index (χ0) is 15.8. The molecule has 0 saturated carbocycles. The molecule has 0 unspecified atom stereocenters. The van der Waals surface area contributed by atoms with Crippen LogP contribution in [0.3, 0.4) is 0 Å². The average Bonchev–Trinajstić information content (AvgIpc) is 2.92. The molecule has 0 aliphatic carbocycles. The monoisotopic (exact) mass is 332 g/mol. The maximum atomic E-state index is 11.9. The lowest BCUT2D eigenvalue weighted by atomic mass is 10.1. The van der Waals surface area contributed by atoms with Gasteiger partial charge in [-0.15, -0.1) is 10.2 Å². The van der Waals surface area contributed by atoms with E-state index >= 15 is 0 Å². The van der Waals surface area contributed by atoms with Crippen LogP contribution in [-0.4, -0.2) is 64.8 Å². The summed E-state index contributed by atoms with van der Waals surface area (Å²) in [4.78, 5) is 13.4. The SMILES string of the molecule is C[C@H](Sc1nnc([C@@H]2CCS(=O)(=O)C2)n1C)C(=O)N(C)C. The Balaban J connectivity index is 2.13. The number of rotatable bonds is 4. The number of carbonyl (C=O) groups excluding carboxylic acids is 1. The lowest BCUT2D eigenvalue weighted by Crippen LogP contribution is -2.29. The molecule has 1 saturated heterocycles. The van der Waals surface area contributed by atoms with Gasteiger partial charge in [0.1, 0.15) is 5.82 Å². The second-order valence-electron chi connectivity index (χ2n) is 5.49. The summed E-state index contributed by atoms with van der Waals surface area (Å²) >= 11 is 1.33. The maximum absolute atomic E-state index is 11.9. The van der Waals surface area contributed by atoms with Crippen molar-refractivity contribution in [3.8, 4) is 0 Å². The van der Waals surface area contributed by atoms with Gasteiger partial charge in [-0.25, -0.2) is 8.42 Å². The summed E-state index contributed by atoms with van der Waals surface area (Å²) in [5.41, 5.74) is 0. The Bertz CT molecular complexity index is 639. The molecule has 1 aromatic rings. The molecule has 2 heterocycles. The van der Waals surface area contributed by atoms with Gasteiger partial charge in [-0.3, -0.25) is 4.79 Å². The first-order valence-electron chi connectivity index (χ1n) is 6.69. The van der Waals surface area contributed by atoms with Crippen LogP contribution in [0, 0.1) is 0 Å². The van der Waals surface area contributed by atoms with Gasteiger partial charge in [0.25, 0.3) is 0 Å². The van der Waals surface area contributed by atoms with E-state index in [0.717, 1.165) is 0 Å². The maximum Gasteiger partial charge on any atom is 0.235 e. The van der Waals surface area contributed by atoms with Gasteiger partial charge >= 0.3 is 0 Å². The highest BCUT2D eigenvalue weighted by molar-refractivity contribution is 8.00. The molecule has 0 radical (unpaired) electrons. The van der Waals surface area contributed by atoms with E-state index in [4.69, 9.17) is 0 Å². The molecule has 0 N–H and O–H groups in total. The van der Waals surface area contributed by atoms with Crippen molar-refractivity contribution in [2.75, 3.05) is 25.6 Å². The first-order chi connectivity index (χ1) is 9.71. The Morgan fingerprint density at radius 1 is 1.43 bits per heavy atom. The van der Waals surface area contributed by atoms with E-state index in [1.165, 1.54) is 11.8 Å². The van der Waals surface area contributed by atoms with Gasteiger partial charge in [-0.05, 0) is 13.3 Å². The number of nitrogens with zero attached hydrogens (tertiary/aromatic N) is 4. The Morgan fingerprint density at radius 3 is 2.62 bits per heavy atom. The fourth-order valence-corrected chi connectivity index (χ4v) is 5.06. The van der Waals surface area contributed by atoms with E-state index in [0.29, 0.717) is 17.4 Å². The number of aromatic nitrogens is 3. The molecular weight excluding hydrogens is 312 g/mol. The van der Waals surface area contributed by atoms with E-state index in [2.05, 4.69) is 10.2 Å². The van der Waals surface area contributed by atoms with Crippen molar-refractivity contribution in [1.29, 1.82) is 0 Å². The van der Waals surface area contributed by atoms with Crippen molar-refractivity contribution < 1.29 is 13.2 Å². The summed E-state index contributed by atoms with van der Waals surface area (Å²) in [6.45, 7) is 1.82. The molecule has 0 aromatic carbocycles. The van der Waals surface area contributed by atoms with Gasteiger partial charge in [0.2, 0.25) is 5.91 Å². The quantitative estimate of drug-likeness (QED) is 0.737. The largest absolute Gasteiger partial charge is 0.348 e. The minimum atomic E-state index is -2.95. The Kier molecular flexibility index (Phi) is 4.62. The van der Waals surface area contributed by atoms with Crippen LogP contribution in [0.15, 0.2) is 5.16 Å². The van der Waals surface area contributed by atoms with E-state index in [-0.39, 0.29) is 28.6 Å². The van der Waals surface area contributed by atoms with Gasteiger partial charge in [0, 0.05) is 27.1 Å². The lowest BCUT2D eigenvalue weighted by Gasteiger charge is -2.16. The number of thioether (sulfide) groups is 1. The summed E-state index contributed by atoms with van der Waals surface area (Å²) in [6.07, 6.45) is 0.588. The summed E-state index contributed by atoms with van der Waals surface area (Å²) in [5.74, 6) is 0.941. The van der Waals surface area contributed by atoms with Crippen molar-refractivity contribution in [3.63, 3.8) is 0 Å². The van der Waals surface area contributed by atoms with Crippen LogP contribution in [0.2, 0.25) is 0 Å². The molecule has 0 bridgehead atoms. The fraction of sp³-hybridized carbons (Fsp3) is 0.750. The zero-order valence-electron chi connectivity index (χ0n) is 12.6. The highest BCUT2D eigenvalue weighted by atomic mass is 32.2. The van der Waals surface area contributed by atoms with Crippen LogP contribution < -0.4 is 0 Å². The second kappa shape index (κ2) is 5.96. The molecule has 1 aromatic heterocycles. The number of amides is 1. The van der Waals surface area contributed by atoms with Crippen LogP contribution in [0.5, 0.6) is 0 Å². The molecule has 9 heteroatoms. The van der Waals surface area contributed by atoms with E-state index in [1.54, 1.807) is 23.6 Å². The van der Waals surface area contributed by atoms with Gasteiger partial charge < -0.3 is 9.47 Å². The lowest BCUT2D eigenvalue weighted by molar-refractivity contribution is -0.127. The molecule has 7 nitrogen and oxygen atoms in total. The van der Waals surface area contributed by atoms with Crippen molar-refractivity contribution >= 4 is 27.5 Å². The molecule has 0 spiro atoms. The average molecular weight is 332 g/mol. The summed E-state index contributed by atoms with van der Waals surface area (Å²) in [7, 11) is 2.29. The predicted molar refractivity (Wildman–Crippen MR) is 81.0 cm³/mol. The van der Waals surface area contributed by atoms with Crippen LogP contribution in [-0.2, 0) is 21.7 Å². The summed E-state index contributed by atoms with van der Waals surface area (Å²) in [6, 6.07) is 0. The van der Waals surface area contributed by atoms with E-state index in [9.17, 15) is 13.2 Å². The third kappa shape index (κ3) is 3.57. The predicted octanol–water partition coefficient (Wildman–Crippen LogP) is 0.286. The van der Waals surface area contributed by atoms with Gasteiger partial charge in [0.05, 0.1) is 16.8 Å². The van der Waals surface area contributed by atoms with Crippen molar-refractivity contribution in [2.24, 2.45) is 7.05 Å². The Labute approximate surface area is 129 Å². The Hall–Kier alpha value is -1.09. The minimum Gasteiger partial charge on any atom is -0.348 e. The van der Waals surface area contributed by atoms with Crippen molar-refractivity contribution in [1.82, 2.24) is 19.7 Å². The Morgan fingerprint density at radius 2 is 2.10 bits per heavy atom. The first kappa shape index (κ1) is 16.3. The molecule has 21 heavy (non-hydrogen) atoms. The highest BCUT2D eigenvalue weighted by Gasteiger charge is 2.33. The second-order valence-corrected chi connectivity index (χ2v) is 9.03. The van der Waals surface area contributed by atoms with Crippen LogP contribution >= 0.6 is 11.8 Å². The standard InChI is InChI=1S/C12H20N4O3S2/c1-8(11(17)15(2)3)20-12-14-13-10(16(12)4)9-5-6-21(18,19)7-9/h8-9H,5-7H2,1-4H3/t8-,9+/m0/s1. The number of carbonyl (C=O) groups is 1. The van der Waals surface area contributed by atoms with Gasteiger partial charge in [-0.2, -0.15) is 0 Å². The van der Waals surface area contributed by atoms with Gasteiger partial charge in [0.15, 0.2) is 15.0 Å². The molecule has 1 amide bonds. The minimum absolute atomic E-state index is 0.00740. The fourth-order valence-electron chi connectivity index (χ4n) is 2.36.